The van der Waals surface area contributed by atoms with Crippen LogP contribution >= 0.6 is 0 Å². The maximum absolute atomic E-state index is 13.6. The van der Waals surface area contributed by atoms with Gasteiger partial charge in [-0.3, -0.25) is 14.5 Å². The van der Waals surface area contributed by atoms with Gasteiger partial charge in [-0.2, -0.15) is 5.10 Å². The highest BCUT2D eigenvalue weighted by Gasteiger charge is 2.47. The quantitative estimate of drug-likeness (QED) is 0.268. The van der Waals surface area contributed by atoms with E-state index in [0.717, 1.165) is 18.8 Å². The number of hydrogen-bond acceptors (Lipinski definition) is 8. The molecule has 3 heterocycles. The first-order valence-electron chi connectivity index (χ1n) is 12.9. The number of aliphatic hydroxyl groups is 1. The number of rotatable bonds is 8. The molecule has 3 aromatic rings. The molecule has 0 spiro atoms. The first-order chi connectivity index (χ1) is 19.0. The number of amides is 1. The Morgan fingerprint density at radius 2 is 1.77 bits per heavy atom. The Bertz CT molecular complexity index is 1390. The average Bonchev–Trinajstić information content (AvgIpc) is 3.48. The van der Waals surface area contributed by atoms with Crippen molar-refractivity contribution in [2.24, 2.45) is 0 Å². The molecule has 39 heavy (non-hydrogen) atoms. The van der Waals surface area contributed by atoms with E-state index in [2.05, 4.69) is 10.00 Å². The van der Waals surface area contributed by atoms with Crippen LogP contribution in [0.3, 0.4) is 0 Å². The Hall–Kier alpha value is -4.15. The molecular formula is C29H32N4O6. The molecule has 10 nitrogen and oxygen atoms in total. The Morgan fingerprint density at radius 1 is 1.03 bits per heavy atom. The lowest BCUT2D eigenvalue weighted by molar-refractivity contribution is -0.140. The monoisotopic (exact) mass is 532 g/mol. The highest BCUT2D eigenvalue weighted by Crippen LogP contribution is 2.45. The summed E-state index contributed by atoms with van der Waals surface area (Å²) in [5.41, 5.74) is 2.36. The summed E-state index contributed by atoms with van der Waals surface area (Å²) >= 11 is 0. The minimum absolute atomic E-state index is 0.00996. The van der Waals surface area contributed by atoms with Crippen molar-refractivity contribution in [1.29, 1.82) is 0 Å². The van der Waals surface area contributed by atoms with Crippen LogP contribution in [0, 0.1) is 6.92 Å². The predicted octanol–water partition coefficient (Wildman–Crippen LogP) is 2.95. The van der Waals surface area contributed by atoms with Gasteiger partial charge < -0.3 is 24.2 Å². The number of ketones is 1. The van der Waals surface area contributed by atoms with Crippen LogP contribution in [0.5, 0.6) is 11.5 Å². The number of para-hydroxylation sites is 2. The number of aliphatic hydroxyl groups excluding tert-OH is 1. The minimum Gasteiger partial charge on any atom is -0.507 e. The molecule has 10 heteroatoms. The number of likely N-dealkylation sites (tertiary alicyclic amines) is 1. The second-order valence-corrected chi connectivity index (χ2v) is 9.42. The van der Waals surface area contributed by atoms with Crippen LogP contribution in [-0.2, 0) is 14.3 Å². The first-order valence-corrected chi connectivity index (χ1v) is 12.9. The smallest absolute Gasteiger partial charge is 0.295 e. The summed E-state index contributed by atoms with van der Waals surface area (Å²) in [5.74, 6) is -0.853. The van der Waals surface area contributed by atoms with E-state index in [1.165, 1.54) is 25.3 Å². The van der Waals surface area contributed by atoms with Crippen LogP contribution in [0.25, 0.3) is 11.4 Å². The lowest BCUT2D eigenvalue weighted by Crippen LogP contribution is -2.42. The zero-order chi connectivity index (χ0) is 27.5. The van der Waals surface area contributed by atoms with Crippen LogP contribution in [0.4, 0.5) is 0 Å². The number of benzene rings is 2. The van der Waals surface area contributed by atoms with E-state index in [0.29, 0.717) is 48.1 Å². The van der Waals surface area contributed by atoms with Crippen molar-refractivity contribution in [3.63, 3.8) is 0 Å². The van der Waals surface area contributed by atoms with Crippen LogP contribution in [0.1, 0.15) is 22.9 Å². The third kappa shape index (κ3) is 4.88. The highest BCUT2D eigenvalue weighted by molar-refractivity contribution is 6.46. The lowest BCUT2D eigenvalue weighted by atomic mass is 9.94. The maximum Gasteiger partial charge on any atom is 0.295 e. The minimum atomic E-state index is -0.879. The molecule has 1 amide bonds. The van der Waals surface area contributed by atoms with Gasteiger partial charge in [0.2, 0.25) is 0 Å². The van der Waals surface area contributed by atoms with Gasteiger partial charge in [0.1, 0.15) is 5.76 Å². The largest absolute Gasteiger partial charge is 0.507 e. The predicted molar refractivity (Wildman–Crippen MR) is 144 cm³/mol. The third-order valence-electron chi connectivity index (χ3n) is 7.29. The van der Waals surface area contributed by atoms with E-state index >= 15 is 0 Å². The number of aromatic nitrogens is 2. The molecule has 2 aliphatic heterocycles. The number of ether oxygens (including phenoxy) is 3. The first kappa shape index (κ1) is 26.5. The Labute approximate surface area is 227 Å². The zero-order valence-corrected chi connectivity index (χ0v) is 22.3. The molecule has 0 saturated carbocycles. The van der Waals surface area contributed by atoms with Crippen LogP contribution in [-0.4, -0.2) is 90.0 Å². The number of hydrogen-bond donors (Lipinski definition) is 1. The van der Waals surface area contributed by atoms with Gasteiger partial charge in [0, 0.05) is 31.7 Å². The van der Waals surface area contributed by atoms with E-state index in [9.17, 15) is 14.7 Å². The number of Topliss-reactive ketones (excluding diaryl/α,β-unsaturated/α-hetero) is 1. The van der Waals surface area contributed by atoms with Crippen LogP contribution < -0.4 is 9.47 Å². The molecule has 1 N–H and O–H groups in total. The van der Waals surface area contributed by atoms with E-state index in [4.69, 9.17) is 14.2 Å². The van der Waals surface area contributed by atoms with Crippen molar-refractivity contribution in [2.75, 3.05) is 53.6 Å². The van der Waals surface area contributed by atoms with Crippen molar-refractivity contribution < 1.29 is 28.9 Å². The van der Waals surface area contributed by atoms with Crippen LogP contribution in [0.15, 0.2) is 60.3 Å². The molecule has 2 aromatic carbocycles. The number of carbonyl (C=O) groups is 2. The van der Waals surface area contributed by atoms with Crippen molar-refractivity contribution in [3.8, 4) is 17.2 Å². The number of carbonyl (C=O) groups excluding carboxylic acids is 2. The fraction of sp³-hybridized carbons (Fsp3) is 0.345. The molecule has 0 radical (unpaired) electrons. The molecule has 5 rings (SSSR count). The fourth-order valence-corrected chi connectivity index (χ4v) is 5.25. The zero-order valence-electron chi connectivity index (χ0n) is 22.3. The topological polar surface area (TPSA) is 106 Å². The van der Waals surface area contributed by atoms with Gasteiger partial charge in [-0.25, -0.2) is 4.68 Å². The Kier molecular flexibility index (Phi) is 7.67. The standard InChI is InChI=1S/C29H32N4O6/c1-19-22(18-30-33(19)20-8-5-4-6-9-20)26(34)24-25(21-10-7-11-23(37-2)28(21)38-3)32(29(36)27(24)35)13-12-31-14-16-39-17-15-31/h4-11,18,25,34H,12-17H2,1-3H3/t25-/m1/s1. The third-order valence-corrected chi connectivity index (χ3v) is 7.29. The van der Waals surface area contributed by atoms with Gasteiger partial charge in [0.25, 0.3) is 11.7 Å². The van der Waals surface area contributed by atoms with E-state index in [1.54, 1.807) is 22.9 Å². The van der Waals surface area contributed by atoms with Gasteiger partial charge in [0.05, 0.1) is 62.2 Å². The van der Waals surface area contributed by atoms with Gasteiger partial charge in [0.15, 0.2) is 11.5 Å². The van der Waals surface area contributed by atoms with E-state index in [-0.39, 0.29) is 17.9 Å². The average molecular weight is 533 g/mol. The summed E-state index contributed by atoms with van der Waals surface area (Å²) in [6, 6.07) is 13.9. The molecule has 0 aliphatic carbocycles. The second kappa shape index (κ2) is 11.3. The molecular weight excluding hydrogens is 500 g/mol. The van der Waals surface area contributed by atoms with Crippen LogP contribution in [0.2, 0.25) is 0 Å². The molecule has 0 bridgehead atoms. The summed E-state index contributed by atoms with van der Waals surface area (Å²) in [5, 5.41) is 16.1. The molecule has 204 valence electrons. The summed E-state index contributed by atoms with van der Waals surface area (Å²) in [6.07, 6.45) is 1.51. The van der Waals surface area contributed by atoms with E-state index < -0.39 is 17.7 Å². The van der Waals surface area contributed by atoms with Crippen molar-refractivity contribution in [3.05, 3.63) is 77.1 Å². The highest BCUT2D eigenvalue weighted by atomic mass is 16.5. The Balaban J connectivity index is 1.62. The van der Waals surface area contributed by atoms with Gasteiger partial charge in [-0.05, 0) is 25.1 Å². The molecule has 0 unspecified atom stereocenters. The number of methoxy groups -OCH3 is 2. The molecule has 2 fully saturated rings. The lowest BCUT2D eigenvalue weighted by Gasteiger charge is -2.31. The molecule has 2 aliphatic rings. The Morgan fingerprint density at radius 3 is 2.46 bits per heavy atom. The van der Waals surface area contributed by atoms with Crippen molar-refractivity contribution in [2.45, 2.75) is 13.0 Å². The summed E-state index contributed by atoms with van der Waals surface area (Å²) < 4.78 is 18.3. The van der Waals surface area contributed by atoms with Crippen molar-refractivity contribution >= 4 is 17.4 Å². The van der Waals surface area contributed by atoms with Crippen molar-refractivity contribution in [1.82, 2.24) is 19.6 Å². The normalized spacial score (nSPS) is 19.5. The molecule has 1 atom stereocenters. The number of morpholine rings is 1. The van der Waals surface area contributed by atoms with E-state index in [1.807, 2.05) is 37.3 Å². The fourth-order valence-electron chi connectivity index (χ4n) is 5.25. The second-order valence-electron chi connectivity index (χ2n) is 9.42. The van der Waals surface area contributed by atoms with Gasteiger partial charge in [-0.1, -0.05) is 30.3 Å². The molecule has 1 aromatic heterocycles. The summed E-state index contributed by atoms with van der Waals surface area (Å²) in [7, 11) is 3.04. The van der Waals surface area contributed by atoms with Gasteiger partial charge >= 0.3 is 0 Å². The number of nitrogens with zero attached hydrogens (tertiary/aromatic N) is 4. The van der Waals surface area contributed by atoms with Gasteiger partial charge in [-0.15, -0.1) is 0 Å². The summed E-state index contributed by atoms with van der Waals surface area (Å²) in [6.45, 7) is 5.39. The molecule has 2 saturated heterocycles. The SMILES string of the molecule is COc1cccc([C@@H]2C(=C(O)c3cnn(-c4ccccc4)c3C)C(=O)C(=O)N2CCN2CCOCC2)c1OC. The maximum atomic E-state index is 13.6. The summed E-state index contributed by atoms with van der Waals surface area (Å²) in [4.78, 5) is 30.7.